The maximum atomic E-state index is 14.7. The van der Waals surface area contributed by atoms with Crippen LogP contribution < -0.4 is 0 Å². The molecular formula is C52H77NO16. The lowest BCUT2D eigenvalue weighted by Gasteiger charge is -2.49. The van der Waals surface area contributed by atoms with E-state index in [2.05, 4.69) is 0 Å². The van der Waals surface area contributed by atoms with Crippen molar-refractivity contribution in [2.45, 2.75) is 198 Å². The second-order valence-electron chi connectivity index (χ2n) is 20.6. The van der Waals surface area contributed by atoms with Crippen molar-refractivity contribution >= 4 is 18.2 Å². The molecule has 7 unspecified atom stereocenters. The minimum Gasteiger partial charge on any atom is -0.459 e. The molecule has 0 aliphatic carbocycles. The number of esters is 1. The van der Waals surface area contributed by atoms with E-state index in [1.165, 1.54) is 18.9 Å². The van der Waals surface area contributed by atoms with Crippen molar-refractivity contribution in [3.63, 3.8) is 0 Å². The van der Waals surface area contributed by atoms with Crippen molar-refractivity contribution < 1.29 is 77.1 Å². The first-order chi connectivity index (χ1) is 32.5. The summed E-state index contributed by atoms with van der Waals surface area (Å²) < 4.78 is 63.9. The molecule has 4 aliphatic rings. The van der Waals surface area contributed by atoms with Crippen LogP contribution >= 0.6 is 0 Å². The Morgan fingerprint density at radius 2 is 1.49 bits per heavy atom. The number of hydrogen-bond acceptors (Lipinski definition) is 16. The van der Waals surface area contributed by atoms with E-state index in [1.54, 1.807) is 34.7 Å². The Kier molecular flexibility index (Phi) is 17.9. The van der Waals surface area contributed by atoms with Crippen molar-refractivity contribution in [3.05, 3.63) is 71.8 Å². The zero-order valence-corrected chi connectivity index (χ0v) is 42.3. The van der Waals surface area contributed by atoms with Crippen LogP contribution in [-0.4, -0.2) is 143 Å². The summed E-state index contributed by atoms with van der Waals surface area (Å²) in [5.74, 6) is -3.38. The van der Waals surface area contributed by atoms with E-state index in [-0.39, 0.29) is 38.4 Å². The average Bonchev–Trinajstić information content (AvgIpc) is 3.65. The number of carbonyl (C=O) groups excluding carboxylic acids is 3. The highest BCUT2D eigenvalue weighted by Gasteiger charge is 2.59. The van der Waals surface area contributed by atoms with Crippen molar-refractivity contribution in [3.8, 4) is 0 Å². The average molecular weight is 972 g/mol. The smallest absolute Gasteiger partial charge is 0.459 e. The molecule has 0 spiro atoms. The number of aliphatic hydroxyl groups excluding tert-OH is 2. The van der Waals surface area contributed by atoms with Crippen LogP contribution in [0.1, 0.15) is 106 Å². The SMILES string of the molecule is CC[C@@H](O)[C@@](C)(O)[C@@H]1OC(=O)[C@H](C)[C@@H](O[C@H]2CC(C)(OC)[C@@H](O)C(C)O2)[C@H](C)[C@@H](O[C@@H]2OC(C)CC(N(C)C(=O)OCc3ccccc3)C2OC(=O)OCc2ccccc2)[C@@]2(C)CC(C)C(O2)[C@@H]1C. The summed E-state index contributed by atoms with van der Waals surface area (Å²) in [6, 6.07) is 17.5. The van der Waals surface area contributed by atoms with Gasteiger partial charge in [-0.15, -0.1) is 0 Å². The molecule has 19 atom stereocenters. The molecule has 4 heterocycles. The number of cyclic esters (lactones) is 1. The first-order valence-corrected chi connectivity index (χ1v) is 24.5. The van der Waals surface area contributed by atoms with E-state index in [0.29, 0.717) is 6.42 Å². The van der Waals surface area contributed by atoms with Gasteiger partial charge in [0.05, 0.1) is 59.8 Å². The van der Waals surface area contributed by atoms with E-state index in [1.807, 2.05) is 95.3 Å². The monoisotopic (exact) mass is 972 g/mol. The largest absolute Gasteiger partial charge is 0.509 e. The lowest BCUT2D eigenvalue weighted by Crippen LogP contribution is -2.61. The number of carbonyl (C=O) groups is 3. The van der Waals surface area contributed by atoms with Crippen LogP contribution in [0.5, 0.6) is 0 Å². The summed E-state index contributed by atoms with van der Waals surface area (Å²) in [6.07, 6.45) is -11.8. The van der Waals surface area contributed by atoms with Gasteiger partial charge in [-0.25, -0.2) is 9.59 Å². The fraction of sp³-hybridized carbons (Fsp3) is 0.712. The van der Waals surface area contributed by atoms with Gasteiger partial charge in [0.2, 0.25) is 0 Å². The number of methoxy groups -OCH3 is 1. The van der Waals surface area contributed by atoms with Gasteiger partial charge < -0.3 is 67.6 Å². The van der Waals surface area contributed by atoms with Crippen LogP contribution in [-0.2, 0) is 65.4 Å². The van der Waals surface area contributed by atoms with Crippen LogP contribution in [0.4, 0.5) is 9.59 Å². The highest BCUT2D eigenvalue weighted by Crippen LogP contribution is 2.49. The molecule has 2 bridgehead atoms. The molecule has 4 saturated heterocycles. The predicted molar refractivity (Wildman–Crippen MR) is 250 cm³/mol. The zero-order valence-electron chi connectivity index (χ0n) is 42.3. The third-order valence-electron chi connectivity index (χ3n) is 15.1. The number of nitrogens with zero attached hydrogens (tertiary/aromatic N) is 1. The lowest BCUT2D eigenvalue weighted by atomic mass is 9.76. The van der Waals surface area contributed by atoms with Crippen molar-refractivity contribution in [1.82, 2.24) is 4.90 Å². The zero-order chi connectivity index (χ0) is 50.6. The molecule has 4 fully saturated rings. The number of benzene rings is 2. The number of ether oxygens (including phenoxy) is 10. The molecule has 0 radical (unpaired) electrons. The van der Waals surface area contributed by atoms with Crippen LogP contribution in [0, 0.1) is 23.7 Å². The third-order valence-corrected chi connectivity index (χ3v) is 15.1. The second kappa shape index (κ2) is 22.7. The highest BCUT2D eigenvalue weighted by atomic mass is 16.8. The number of hydrogen-bond donors (Lipinski definition) is 3. The molecule has 3 N–H and O–H groups in total. The van der Waals surface area contributed by atoms with Gasteiger partial charge in [0.25, 0.3) is 0 Å². The van der Waals surface area contributed by atoms with E-state index < -0.39 is 126 Å². The van der Waals surface area contributed by atoms with Crippen LogP contribution in [0.3, 0.4) is 0 Å². The standard InChI is InChI=1S/C52H77NO16/c1-13-38(54)52(10,59)45-31(4)40-29(2)25-51(9,69-40)44(32(5)41(33(6)46(56)67-45)65-39-26-50(8,60-12)43(55)34(7)64-39)68-47-42(66-49(58)62-28-36-22-18-15-19-23-36)37(24-30(3)63-47)53(11)48(57)61-27-35-20-16-14-17-21-35/h14-23,29-34,37-45,47,54-55,59H,13,24-28H2,1-12H3/t29?,30?,31-,32-,33+,34?,37?,38+,39-,40?,41-,42?,43-,44+,45+,47-,50?,51+,52+/m0/s1. The summed E-state index contributed by atoms with van der Waals surface area (Å²) in [7, 11) is 3.07. The molecule has 1 amide bonds. The van der Waals surface area contributed by atoms with Gasteiger partial charge in [0.15, 0.2) is 18.7 Å². The summed E-state index contributed by atoms with van der Waals surface area (Å²) >= 11 is 0. The summed E-state index contributed by atoms with van der Waals surface area (Å²) in [4.78, 5) is 43.8. The Balaban J connectivity index is 1.42. The Bertz CT molecular complexity index is 1990. The molecule has 386 valence electrons. The fourth-order valence-electron chi connectivity index (χ4n) is 11.0. The van der Waals surface area contributed by atoms with Gasteiger partial charge >= 0.3 is 18.2 Å². The lowest BCUT2D eigenvalue weighted by molar-refractivity contribution is -0.318. The molecule has 17 nitrogen and oxygen atoms in total. The van der Waals surface area contributed by atoms with Crippen LogP contribution in [0.2, 0.25) is 0 Å². The number of rotatable bonds is 14. The topological polar surface area (TPSA) is 207 Å². The predicted octanol–water partition coefficient (Wildman–Crippen LogP) is 6.69. The van der Waals surface area contributed by atoms with Gasteiger partial charge in [0, 0.05) is 32.4 Å². The second-order valence-corrected chi connectivity index (χ2v) is 20.6. The third kappa shape index (κ3) is 12.2. The Morgan fingerprint density at radius 1 is 0.884 bits per heavy atom. The van der Waals surface area contributed by atoms with E-state index in [4.69, 9.17) is 47.4 Å². The molecule has 69 heavy (non-hydrogen) atoms. The van der Waals surface area contributed by atoms with Gasteiger partial charge in [-0.1, -0.05) is 88.4 Å². The first-order valence-electron chi connectivity index (χ1n) is 24.5. The summed E-state index contributed by atoms with van der Waals surface area (Å²) in [5, 5.41) is 34.3. The highest BCUT2D eigenvalue weighted by molar-refractivity contribution is 5.73. The number of amides is 1. The molecule has 17 heteroatoms. The fourth-order valence-corrected chi connectivity index (χ4v) is 11.0. The molecule has 4 aliphatic heterocycles. The van der Waals surface area contributed by atoms with E-state index in [9.17, 15) is 29.7 Å². The number of likely N-dealkylation sites (N-methyl/N-ethyl adjacent to an activating group) is 1. The molecule has 2 aromatic rings. The molecule has 0 aromatic heterocycles. The first kappa shape index (κ1) is 54.4. The van der Waals surface area contributed by atoms with Gasteiger partial charge in [0.1, 0.15) is 31.0 Å². The van der Waals surface area contributed by atoms with E-state index >= 15 is 0 Å². The molecular weight excluding hydrogens is 895 g/mol. The van der Waals surface area contributed by atoms with Crippen molar-refractivity contribution in [2.75, 3.05) is 14.2 Å². The van der Waals surface area contributed by atoms with Crippen molar-refractivity contribution in [2.24, 2.45) is 23.7 Å². The van der Waals surface area contributed by atoms with Gasteiger partial charge in [-0.05, 0) is 77.8 Å². The summed E-state index contributed by atoms with van der Waals surface area (Å²) in [5.41, 5.74) is -2.62. The number of fused-ring (bicyclic) bond motifs is 2. The Hall–Kier alpha value is -3.91. The van der Waals surface area contributed by atoms with Gasteiger partial charge in [-0.2, -0.15) is 0 Å². The van der Waals surface area contributed by atoms with Crippen LogP contribution in [0.15, 0.2) is 60.7 Å². The normalized spacial score (nSPS) is 38.7. The minimum absolute atomic E-state index is 0.00208. The summed E-state index contributed by atoms with van der Waals surface area (Å²) in [6.45, 7) is 17.7. The van der Waals surface area contributed by atoms with Crippen molar-refractivity contribution in [1.29, 1.82) is 0 Å². The van der Waals surface area contributed by atoms with E-state index in [0.717, 1.165) is 11.1 Å². The molecule has 6 rings (SSSR count). The Morgan fingerprint density at radius 3 is 2.09 bits per heavy atom. The maximum absolute atomic E-state index is 14.7. The van der Waals surface area contributed by atoms with Gasteiger partial charge in [-0.3, -0.25) is 4.79 Å². The van der Waals surface area contributed by atoms with Crippen LogP contribution in [0.25, 0.3) is 0 Å². The maximum Gasteiger partial charge on any atom is 0.509 e. The number of aliphatic hydroxyl groups is 3. The molecule has 2 aromatic carbocycles. The quantitative estimate of drug-likeness (QED) is 0.133. The minimum atomic E-state index is -1.88. The molecule has 0 saturated carbocycles. The Labute approximate surface area is 407 Å².